The smallest absolute Gasteiger partial charge is 0.435 e. The second-order valence-electron chi connectivity index (χ2n) is 11.5. The topological polar surface area (TPSA) is 228 Å². The molecule has 0 aliphatic carbocycles. The van der Waals surface area contributed by atoms with Crippen LogP contribution in [0, 0.1) is 5.92 Å². The summed E-state index contributed by atoms with van der Waals surface area (Å²) in [6.45, 7) is 3.11. The molecule has 2 aliphatic heterocycles. The number of carbonyl (C=O) groups excluding carboxylic acids is 3. The molecule has 0 atom stereocenters. The first kappa shape index (κ1) is 36.7. The summed E-state index contributed by atoms with van der Waals surface area (Å²) in [5.41, 5.74) is 4.74. The summed E-state index contributed by atoms with van der Waals surface area (Å²) >= 11 is 6.48. The van der Waals surface area contributed by atoms with Gasteiger partial charge in [0, 0.05) is 38.6 Å². The van der Waals surface area contributed by atoms with Crippen LogP contribution in [0.5, 0.6) is 0 Å². The highest BCUT2D eigenvalue weighted by Crippen LogP contribution is 2.39. The average molecular weight is 732 g/mol. The van der Waals surface area contributed by atoms with E-state index in [0.29, 0.717) is 37.3 Å². The molecule has 4 aromatic rings. The molecule has 3 amide bonds. The zero-order chi connectivity index (χ0) is 36.7. The molecule has 2 fully saturated rings. The second-order valence-corrected chi connectivity index (χ2v) is 12.0. The number of aromatic nitrogens is 6. The van der Waals surface area contributed by atoms with Crippen LogP contribution in [-0.4, -0.2) is 109 Å². The van der Waals surface area contributed by atoms with E-state index in [0.717, 1.165) is 32.1 Å². The number of benzene rings is 1. The fourth-order valence-corrected chi connectivity index (χ4v) is 6.02. The van der Waals surface area contributed by atoms with Crippen LogP contribution in [0.4, 0.5) is 18.9 Å². The molecular weight excluding hydrogens is 699 g/mol. The summed E-state index contributed by atoms with van der Waals surface area (Å²) in [5.74, 6) is -1.13. The minimum Gasteiger partial charge on any atom is -0.483 e. The zero-order valence-electron chi connectivity index (χ0n) is 26.8. The number of carboxylic acid groups (broad SMARTS) is 1. The monoisotopic (exact) mass is 731 g/mol. The zero-order valence-corrected chi connectivity index (χ0v) is 27.6. The highest BCUT2D eigenvalue weighted by atomic mass is 35.5. The summed E-state index contributed by atoms with van der Waals surface area (Å²) in [7, 11) is 0. The SMILES string of the molecule is Nc1cnc(-c2[nH]nc(C(F)(F)F)c2-c2cnc(C(=O)NCc3ccc(C(=O)N4CCN(C(=O)C5CCNCC5)CC4)c(Cl)c3)[nH]2)nc1.O=CO. The number of hydrogen-bond acceptors (Lipinski definition) is 10. The Balaban J connectivity index is 0.00000162. The van der Waals surface area contributed by atoms with Gasteiger partial charge in [0.15, 0.2) is 17.3 Å². The Morgan fingerprint density at radius 2 is 1.69 bits per heavy atom. The Morgan fingerprint density at radius 1 is 1.04 bits per heavy atom. The summed E-state index contributed by atoms with van der Waals surface area (Å²) in [5, 5.41) is 18.7. The maximum atomic E-state index is 13.8. The summed E-state index contributed by atoms with van der Waals surface area (Å²) in [6.07, 6.45) is 0.357. The number of nitrogens with zero attached hydrogens (tertiary/aromatic N) is 6. The van der Waals surface area contributed by atoms with E-state index in [1.165, 1.54) is 12.4 Å². The van der Waals surface area contributed by atoms with Gasteiger partial charge in [-0.25, -0.2) is 15.0 Å². The van der Waals surface area contributed by atoms with Crippen molar-refractivity contribution >= 4 is 41.5 Å². The fraction of sp³-hybridized carbons (Fsp3) is 0.355. The molecule has 16 nitrogen and oxygen atoms in total. The third-order valence-corrected chi connectivity index (χ3v) is 8.59. The fourth-order valence-electron chi connectivity index (χ4n) is 5.74. The molecule has 20 heteroatoms. The van der Waals surface area contributed by atoms with E-state index in [1.807, 2.05) is 4.90 Å². The van der Waals surface area contributed by atoms with Crippen LogP contribution in [0.25, 0.3) is 22.8 Å². The number of piperazine rings is 1. The second kappa shape index (κ2) is 16.0. The van der Waals surface area contributed by atoms with Crippen molar-refractivity contribution in [2.75, 3.05) is 45.0 Å². The number of anilines is 1. The van der Waals surface area contributed by atoms with Crippen molar-refractivity contribution in [2.24, 2.45) is 5.92 Å². The molecule has 270 valence electrons. The Labute approximate surface area is 293 Å². The Bertz CT molecular complexity index is 1870. The molecule has 5 heterocycles. The van der Waals surface area contributed by atoms with Gasteiger partial charge in [0.25, 0.3) is 18.3 Å². The number of alkyl halides is 3. The van der Waals surface area contributed by atoms with Gasteiger partial charge in [0.05, 0.1) is 46.1 Å². The highest BCUT2D eigenvalue weighted by Gasteiger charge is 2.40. The van der Waals surface area contributed by atoms with Crippen LogP contribution in [0.3, 0.4) is 0 Å². The Hall–Kier alpha value is -5.56. The van der Waals surface area contributed by atoms with Crippen molar-refractivity contribution in [2.45, 2.75) is 25.6 Å². The lowest BCUT2D eigenvalue weighted by atomic mass is 9.96. The van der Waals surface area contributed by atoms with Gasteiger partial charge in [-0.3, -0.25) is 24.3 Å². The number of nitrogen functional groups attached to an aromatic ring is 1. The number of nitrogens with one attached hydrogen (secondary N) is 4. The van der Waals surface area contributed by atoms with Crippen LogP contribution < -0.4 is 16.4 Å². The predicted octanol–water partition coefficient (Wildman–Crippen LogP) is 2.43. The first-order chi connectivity index (χ1) is 24.4. The highest BCUT2D eigenvalue weighted by molar-refractivity contribution is 6.33. The molecule has 0 saturated carbocycles. The quantitative estimate of drug-likeness (QED) is 0.151. The minimum absolute atomic E-state index is 0.00936. The molecule has 0 radical (unpaired) electrons. The summed E-state index contributed by atoms with van der Waals surface area (Å²) in [6, 6.07) is 4.77. The van der Waals surface area contributed by atoms with E-state index in [1.54, 1.807) is 23.1 Å². The largest absolute Gasteiger partial charge is 0.483 e. The van der Waals surface area contributed by atoms with Crippen molar-refractivity contribution in [3.63, 3.8) is 0 Å². The van der Waals surface area contributed by atoms with Gasteiger partial charge in [-0.1, -0.05) is 17.7 Å². The predicted molar refractivity (Wildman–Crippen MR) is 176 cm³/mol. The van der Waals surface area contributed by atoms with Gasteiger partial charge in [0.1, 0.15) is 5.69 Å². The van der Waals surface area contributed by atoms with Gasteiger partial charge < -0.3 is 36.3 Å². The maximum Gasteiger partial charge on any atom is 0.435 e. The molecule has 1 aromatic carbocycles. The average Bonchev–Trinajstić information content (AvgIpc) is 3.80. The minimum atomic E-state index is -4.84. The van der Waals surface area contributed by atoms with E-state index >= 15 is 0 Å². The van der Waals surface area contributed by atoms with Crippen molar-refractivity contribution in [3.8, 4) is 22.8 Å². The molecular formula is C31H33ClF3N11O5. The van der Waals surface area contributed by atoms with Gasteiger partial charge in [0.2, 0.25) is 5.91 Å². The summed E-state index contributed by atoms with van der Waals surface area (Å²) < 4.78 is 41.5. The van der Waals surface area contributed by atoms with E-state index in [-0.39, 0.29) is 64.5 Å². The van der Waals surface area contributed by atoms with E-state index in [9.17, 15) is 27.6 Å². The standard InChI is InChI=1S/C30H31ClF3N11O3.CH2O2/c31-20-11-16(1-2-19(20)29(48)45-9-7-44(8-10-45)28(47)17-3-5-36-6-4-17)12-40-27(46)26-39-15-21(41-26)22-23(25-37-13-18(35)14-38-25)42-43-24(22)30(32,33)34;2-1-3/h1-2,11,13-15,17,36H,3-10,12,35H2,(H,39,41)(H,40,46)(H,42,43);1H,(H,2,3). The Morgan fingerprint density at radius 3 is 2.31 bits per heavy atom. The van der Waals surface area contributed by atoms with Crippen LogP contribution in [0.1, 0.15) is 45.1 Å². The third kappa shape index (κ3) is 8.61. The van der Waals surface area contributed by atoms with Crippen LogP contribution in [-0.2, 0) is 22.3 Å². The molecule has 0 bridgehead atoms. The number of aromatic amines is 2. The molecule has 6 rings (SSSR count). The van der Waals surface area contributed by atoms with Gasteiger partial charge in [-0.15, -0.1) is 0 Å². The number of halogens is 4. The first-order valence-corrected chi connectivity index (χ1v) is 16.0. The number of carbonyl (C=O) groups is 4. The van der Waals surface area contributed by atoms with Crippen molar-refractivity contribution in [1.29, 1.82) is 0 Å². The lowest BCUT2D eigenvalue weighted by molar-refractivity contribution is -0.140. The summed E-state index contributed by atoms with van der Waals surface area (Å²) in [4.78, 5) is 65.4. The Kier molecular flexibility index (Phi) is 11.5. The van der Waals surface area contributed by atoms with Crippen LogP contribution in [0.2, 0.25) is 5.02 Å². The molecule has 7 N–H and O–H groups in total. The normalized spacial score (nSPS) is 15.1. The van der Waals surface area contributed by atoms with E-state index < -0.39 is 23.3 Å². The molecule has 3 aromatic heterocycles. The lowest BCUT2D eigenvalue weighted by Crippen LogP contribution is -2.52. The van der Waals surface area contributed by atoms with Crippen molar-refractivity contribution in [1.82, 2.24) is 50.6 Å². The van der Waals surface area contributed by atoms with E-state index in [2.05, 4.69) is 40.8 Å². The molecule has 2 saturated heterocycles. The van der Waals surface area contributed by atoms with Crippen molar-refractivity contribution in [3.05, 3.63) is 64.5 Å². The number of H-pyrrole nitrogens is 2. The number of rotatable bonds is 7. The number of amides is 3. The van der Waals surface area contributed by atoms with Gasteiger partial charge in [-0.05, 0) is 43.6 Å². The molecule has 2 aliphatic rings. The number of imidazole rings is 1. The molecule has 0 spiro atoms. The first-order valence-electron chi connectivity index (χ1n) is 15.6. The van der Waals surface area contributed by atoms with E-state index in [4.69, 9.17) is 27.2 Å². The van der Waals surface area contributed by atoms with Crippen LogP contribution in [0.15, 0.2) is 36.8 Å². The number of nitrogens with two attached hydrogens (primary N) is 1. The van der Waals surface area contributed by atoms with Crippen LogP contribution >= 0.6 is 11.6 Å². The molecule has 51 heavy (non-hydrogen) atoms. The van der Waals surface area contributed by atoms with Gasteiger partial charge in [-0.2, -0.15) is 18.3 Å². The van der Waals surface area contributed by atoms with Gasteiger partial charge >= 0.3 is 6.18 Å². The van der Waals surface area contributed by atoms with Crippen molar-refractivity contribution < 1.29 is 37.5 Å². The lowest BCUT2D eigenvalue weighted by Gasteiger charge is -2.37. The number of hydrogen-bond donors (Lipinski definition) is 6. The number of piperidine rings is 1. The molecule has 0 unspecified atom stereocenters. The third-order valence-electron chi connectivity index (χ3n) is 8.27. The maximum absolute atomic E-state index is 13.8.